The number of fused-ring (bicyclic) bond motifs is 1. The first-order valence-corrected chi connectivity index (χ1v) is 12.5. The maximum atomic E-state index is 12.3. The van der Waals surface area contributed by atoms with Gasteiger partial charge in [-0.1, -0.05) is 35.5 Å². The molecule has 0 aromatic heterocycles. The van der Waals surface area contributed by atoms with Crippen LogP contribution in [0.5, 0.6) is 5.75 Å². The summed E-state index contributed by atoms with van der Waals surface area (Å²) >= 11 is 0. The van der Waals surface area contributed by atoms with Gasteiger partial charge >= 0.3 is 12.1 Å². The third kappa shape index (κ3) is 6.34. The molecule has 9 heteroatoms. The highest BCUT2D eigenvalue weighted by molar-refractivity contribution is 6.02. The van der Waals surface area contributed by atoms with Gasteiger partial charge in [-0.3, -0.25) is 4.79 Å². The number of nitrogens with zero attached hydrogens (tertiary/aromatic N) is 2. The third-order valence-corrected chi connectivity index (χ3v) is 6.47. The van der Waals surface area contributed by atoms with Crippen molar-refractivity contribution >= 4 is 34.7 Å². The Morgan fingerprint density at radius 1 is 1.16 bits per heavy atom. The zero-order chi connectivity index (χ0) is 27.4. The SMILES string of the molecule is CC(C)(C)OC(=O)N1CC[C@H](Oc2ccc(C(Cc3ccc4ccc(N)cc4c3/C=N\O)C(=O)O)cc2)C1. The van der Waals surface area contributed by atoms with E-state index >= 15 is 0 Å². The van der Waals surface area contributed by atoms with E-state index in [1.807, 2.05) is 39.0 Å². The minimum absolute atomic E-state index is 0.172. The first-order valence-electron chi connectivity index (χ1n) is 12.5. The molecular formula is C29H33N3O6. The lowest BCUT2D eigenvalue weighted by molar-refractivity contribution is -0.138. The number of carboxylic acids is 1. The second kappa shape index (κ2) is 11.0. The van der Waals surface area contributed by atoms with E-state index in [9.17, 15) is 19.9 Å². The molecule has 3 aromatic carbocycles. The maximum absolute atomic E-state index is 12.3. The Hall–Kier alpha value is -4.27. The Morgan fingerprint density at radius 3 is 2.53 bits per heavy atom. The fraction of sp³-hybridized carbons (Fsp3) is 0.345. The molecule has 1 aliphatic rings. The molecule has 4 N–H and O–H groups in total. The molecule has 0 aliphatic carbocycles. The minimum atomic E-state index is -0.970. The number of oxime groups is 1. The zero-order valence-corrected chi connectivity index (χ0v) is 21.8. The number of likely N-dealkylation sites (tertiary alicyclic amines) is 1. The second-order valence-electron chi connectivity index (χ2n) is 10.5. The van der Waals surface area contributed by atoms with Gasteiger partial charge in [0.1, 0.15) is 17.5 Å². The van der Waals surface area contributed by atoms with Crippen molar-refractivity contribution < 1.29 is 29.4 Å². The number of amides is 1. The summed E-state index contributed by atoms with van der Waals surface area (Å²) in [5.41, 5.74) is 7.93. The maximum Gasteiger partial charge on any atom is 0.410 e. The lowest BCUT2D eigenvalue weighted by atomic mass is 9.88. The molecule has 1 amide bonds. The standard InChI is InChI=1S/C29H33N3O6/c1-29(2,3)38-28(35)32-13-12-23(17-32)37-22-10-7-19(8-11-22)25(27(33)34)14-20-5-4-18-6-9-21(30)15-24(18)26(20)16-31-36/h4-11,15-16,23,25,36H,12-14,17,30H2,1-3H3,(H,33,34)/b31-16-/t23-,25?/m0/s1. The molecule has 0 bridgehead atoms. The van der Waals surface area contributed by atoms with Gasteiger partial charge in [0.25, 0.3) is 0 Å². The van der Waals surface area contributed by atoms with Crippen LogP contribution in [-0.2, 0) is 16.0 Å². The largest absolute Gasteiger partial charge is 0.489 e. The molecule has 3 aromatic rings. The Labute approximate surface area is 221 Å². The van der Waals surface area contributed by atoms with Gasteiger partial charge in [-0.25, -0.2) is 4.79 Å². The molecule has 4 rings (SSSR count). The van der Waals surface area contributed by atoms with Crippen molar-refractivity contribution in [2.75, 3.05) is 18.8 Å². The molecule has 1 fully saturated rings. The number of rotatable bonds is 7. The van der Waals surface area contributed by atoms with E-state index in [4.69, 9.17) is 15.2 Å². The van der Waals surface area contributed by atoms with E-state index in [2.05, 4.69) is 5.16 Å². The van der Waals surface area contributed by atoms with Crippen molar-refractivity contribution in [2.45, 2.75) is 51.2 Å². The number of nitrogens with two attached hydrogens (primary N) is 1. The first-order chi connectivity index (χ1) is 18.0. The van der Waals surface area contributed by atoms with Crippen LogP contribution in [-0.4, -0.2) is 58.3 Å². The number of aliphatic carboxylic acids is 1. The van der Waals surface area contributed by atoms with Gasteiger partial charge in [0, 0.05) is 24.2 Å². The van der Waals surface area contributed by atoms with Crippen LogP contribution in [0.4, 0.5) is 10.5 Å². The van der Waals surface area contributed by atoms with Crippen LogP contribution >= 0.6 is 0 Å². The van der Waals surface area contributed by atoms with Crippen molar-refractivity contribution in [3.05, 3.63) is 71.3 Å². The summed E-state index contributed by atoms with van der Waals surface area (Å²) in [4.78, 5) is 26.2. The van der Waals surface area contributed by atoms with Crippen LogP contribution in [0.2, 0.25) is 0 Å². The molecule has 200 valence electrons. The van der Waals surface area contributed by atoms with Crippen LogP contribution in [0.25, 0.3) is 10.8 Å². The fourth-order valence-corrected chi connectivity index (χ4v) is 4.65. The summed E-state index contributed by atoms with van der Waals surface area (Å²) in [6, 6.07) is 16.2. The van der Waals surface area contributed by atoms with Gasteiger partial charge in [-0.15, -0.1) is 0 Å². The number of ether oxygens (including phenoxy) is 2. The summed E-state index contributed by atoms with van der Waals surface area (Å²) in [6.45, 7) is 6.47. The quantitative estimate of drug-likeness (QED) is 0.172. The van der Waals surface area contributed by atoms with Crippen molar-refractivity contribution in [1.82, 2.24) is 4.90 Å². The van der Waals surface area contributed by atoms with Crippen molar-refractivity contribution in [2.24, 2.45) is 5.16 Å². The van der Waals surface area contributed by atoms with Crippen LogP contribution in [0.1, 0.15) is 49.8 Å². The Kier molecular flexibility index (Phi) is 7.75. The van der Waals surface area contributed by atoms with E-state index in [-0.39, 0.29) is 18.6 Å². The van der Waals surface area contributed by atoms with Gasteiger partial charge in [-0.2, -0.15) is 0 Å². The lowest BCUT2D eigenvalue weighted by Crippen LogP contribution is -2.36. The Morgan fingerprint density at radius 2 is 1.87 bits per heavy atom. The normalized spacial score (nSPS) is 16.6. The summed E-state index contributed by atoms with van der Waals surface area (Å²) in [5, 5.41) is 24.2. The zero-order valence-electron chi connectivity index (χ0n) is 21.8. The average Bonchev–Trinajstić information content (AvgIpc) is 3.32. The highest BCUT2D eigenvalue weighted by atomic mass is 16.6. The molecule has 0 saturated carbocycles. The van der Waals surface area contributed by atoms with Gasteiger partial charge in [0.05, 0.1) is 18.7 Å². The third-order valence-electron chi connectivity index (χ3n) is 6.47. The molecule has 2 atom stereocenters. The number of carbonyl (C=O) groups is 2. The molecule has 1 saturated heterocycles. The summed E-state index contributed by atoms with van der Waals surface area (Å²) < 4.78 is 11.5. The molecule has 0 spiro atoms. The number of benzene rings is 3. The summed E-state index contributed by atoms with van der Waals surface area (Å²) in [5.74, 6) is -1.20. The van der Waals surface area contributed by atoms with E-state index < -0.39 is 17.5 Å². The molecule has 1 unspecified atom stereocenters. The van der Waals surface area contributed by atoms with Crippen LogP contribution in [0, 0.1) is 0 Å². The van der Waals surface area contributed by atoms with Gasteiger partial charge < -0.3 is 30.4 Å². The molecule has 1 heterocycles. The molecule has 9 nitrogen and oxygen atoms in total. The van der Waals surface area contributed by atoms with Gasteiger partial charge in [-0.05, 0) is 73.4 Å². The van der Waals surface area contributed by atoms with Crippen LogP contribution in [0.15, 0.2) is 59.8 Å². The van der Waals surface area contributed by atoms with Crippen molar-refractivity contribution in [3.8, 4) is 5.75 Å². The average molecular weight is 520 g/mol. The predicted octanol–water partition coefficient (Wildman–Crippen LogP) is 5.03. The van der Waals surface area contributed by atoms with E-state index in [0.29, 0.717) is 42.1 Å². The number of carboxylic acid groups (broad SMARTS) is 1. The Balaban J connectivity index is 1.48. The van der Waals surface area contributed by atoms with Crippen LogP contribution in [0.3, 0.4) is 0 Å². The smallest absolute Gasteiger partial charge is 0.410 e. The van der Waals surface area contributed by atoms with Crippen LogP contribution < -0.4 is 10.5 Å². The highest BCUT2D eigenvalue weighted by Crippen LogP contribution is 2.30. The molecule has 0 radical (unpaired) electrons. The number of hydrogen-bond acceptors (Lipinski definition) is 7. The number of hydrogen-bond donors (Lipinski definition) is 3. The van der Waals surface area contributed by atoms with E-state index in [1.165, 1.54) is 6.21 Å². The molecule has 38 heavy (non-hydrogen) atoms. The van der Waals surface area contributed by atoms with Gasteiger partial charge in [0.15, 0.2) is 0 Å². The van der Waals surface area contributed by atoms with Crippen molar-refractivity contribution in [1.29, 1.82) is 0 Å². The van der Waals surface area contributed by atoms with Gasteiger partial charge in [0.2, 0.25) is 0 Å². The molecular weight excluding hydrogens is 486 g/mol. The highest BCUT2D eigenvalue weighted by Gasteiger charge is 2.31. The lowest BCUT2D eigenvalue weighted by Gasteiger charge is -2.24. The second-order valence-corrected chi connectivity index (χ2v) is 10.5. The number of nitrogen functional groups attached to an aromatic ring is 1. The monoisotopic (exact) mass is 519 g/mol. The van der Waals surface area contributed by atoms with Crippen molar-refractivity contribution in [3.63, 3.8) is 0 Å². The number of carbonyl (C=O) groups excluding carboxylic acids is 1. The summed E-state index contributed by atoms with van der Waals surface area (Å²) in [7, 11) is 0. The Bertz CT molecular complexity index is 1350. The topological polar surface area (TPSA) is 135 Å². The van der Waals surface area contributed by atoms with E-state index in [0.717, 1.165) is 16.3 Å². The fourth-order valence-electron chi connectivity index (χ4n) is 4.65. The number of anilines is 1. The first kappa shape index (κ1) is 26.8. The summed E-state index contributed by atoms with van der Waals surface area (Å²) in [6.07, 6.45) is 1.66. The minimum Gasteiger partial charge on any atom is -0.489 e. The van der Waals surface area contributed by atoms with E-state index in [1.54, 1.807) is 41.3 Å². The molecule has 1 aliphatic heterocycles. The predicted molar refractivity (Wildman–Crippen MR) is 145 cm³/mol.